The average molecular weight is 240 g/mol. The molecule has 1 heterocycles. The third kappa shape index (κ3) is 1.62. The molecule has 0 bridgehead atoms. The molecule has 0 fully saturated rings. The molecule has 2 nitrogen and oxygen atoms in total. The van der Waals surface area contributed by atoms with E-state index in [1.54, 1.807) is 7.11 Å². The lowest BCUT2D eigenvalue weighted by atomic mass is 10.2. The topological polar surface area (TPSA) is 25.0 Å². The molecule has 0 amide bonds. The van der Waals surface area contributed by atoms with Gasteiger partial charge in [-0.15, -0.1) is 0 Å². The van der Waals surface area contributed by atoms with Crippen molar-refractivity contribution in [2.24, 2.45) is 0 Å². The van der Waals surface area contributed by atoms with E-state index in [0.717, 1.165) is 9.99 Å². The summed E-state index contributed by atoms with van der Waals surface area (Å²) in [6.45, 7) is 0.654. The first-order valence-corrected chi connectivity index (χ1v) is 4.85. The van der Waals surface area contributed by atoms with Crippen LogP contribution in [0.4, 0.5) is 0 Å². The van der Waals surface area contributed by atoms with E-state index in [1.807, 2.05) is 12.3 Å². The van der Waals surface area contributed by atoms with Crippen molar-refractivity contribution >= 4 is 26.8 Å². The Hall–Kier alpha value is -0.800. The van der Waals surface area contributed by atoms with Crippen LogP contribution in [-0.4, -0.2) is 12.1 Å². The molecular weight excluding hydrogens is 230 g/mol. The Morgan fingerprint density at radius 1 is 1.46 bits per heavy atom. The predicted octanol–water partition coefficient (Wildman–Crippen LogP) is 3.08. The number of fused-ring (bicyclic) bond motifs is 1. The van der Waals surface area contributed by atoms with Gasteiger partial charge in [-0.2, -0.15) is 0 Å². The Bertz CT molecular complexity index is 422. The van der Waals surface area contributed by atoms with Crippen molar-refractivity contribution in [3.63, 3.8) is 0 Å². The Morgan fingerprint density at radius 2 is 2.31 bits per heavy atom. The second-order valence-electron chi connectivity index (χ2n) is 2.94. The van der Waals surface area contributed by atoms with Gasteiger partial charge in [0.25, 0.3) is 0 Å². The van der Waals surface area contributed by atoms with Crippen LogP contribution in [0.1, 0.15) is 5.56 Å². The standard InChI is InChI=1S/C10H10BrNO/c1-13-6-7-5-12-10-4-8(11)2-3-9(7)10/h2-5,12H,6H2,1H3. The molecular formula is C10H10BrNO. The first-order valence-electron chi connectivity index (χ1n) is 4.05. The number of methoxy groups -OCH3 is 1. The maximum Gasteiger partial charge on any atom is 0.0733 e. The molecule has 0 unspecified atom stereocenters. The van der Waals surface area contributed by atoms with E-state index < -0.39 is 0 Å². The first kappa shape index (κ1) is 8.78. The van der Waals surface area contributed by atoms with Gasteiger partial charge in [-0.05, 0) is 12.1 Å². The lowest BCUT2D eigenvalue weighted by Crippen LogP contribution is -1.83. The van der Waals surface area contributed by atoms with Gasteiger partial charge in [0.2, 0.25) is 0 Å². The summed E-state index contributed by atoms with van der Waals surface area (Å²) in [5.41, 5.74) is 2.34. The van der Waals surface area contributed by atoms with Gasteiger partial charge < -0.3 is 9.72 Å². The Balaban J connectivity index is 2.55. The number of hydrogen-bond donors (Lipinski definition) is 1. The number of benzene rings is 1. The summed E-state index contributed by atoms with van der Waals surface area (Å²) in [6, 6.07) is 6.19. The van der Waals surface area contributed by atoms with Gasteiger partial charge in [-0.3, -0.25) is 0 Å². The zero-order chi connectivity index (χ0) is 9.26. The van der Waals surface area contributed by atoms with E-state index >= 15 is 0 Å². The van der Waals surface area contributed by atoms with Gasteiger partial charge in [-0.1, -0.05) is 22.0 Å². The predicted molar refractivity (Wildman–Crippen MR) is 56.7 cm³/mol. The molecule has 0 aliphatic rings. The molecule has 0 radical (unpaired) electrons. The lowest BCUT2D eigenvalue weighted by molar-refractivity contribution is 0.186. The second kappa shape index (κ2) is 3.52. The highest BCUT2D eigenvalue weighted by Gasteiger charge is 2.02. The van der Waals surface area contributed by atoms with Gasteiger partial charge >= 0.3 is 0 Å². The summed E-state index contributed by atoms with van der Waals surface area (Å²) < 4.78 is 6.18. The molecule has 0 saturated carbocycles. The van der Waals surface area contributed by atoms with Crippen molar-refractivity contribution in [2.75, 3.05) is 7.11 Å². The Morgan fingerprint density at radius 3 is 3.08 bits per heavy atom. The molecule has 1 aromatic carbocycles. The number of hydrogen-bond acceptors (Lipinski definition) is 1. The monoisotopic (exact) mass is 239 g/mol. The van der Waals surface area contributed by atoms with Crippen LogP contribution in [0.2, 0.25) is 0 Å². The minimum Gasteiger partial charge on any atom is -0.380 e. The summed E-state index contributed by atoms with van der Waals surface area (Å²) >= 11 is 3.43. The molecule has 2 rings (SSSR count). The highest BCUT2D eigenvalue weighted by Crippen LogP contribution is 2.22. The molecule has 13 heavy (non-hydrogen) atoms. The third-order valence-electron chi connectivity index (χ3n) is 2.03. The van der Waals surface area contributed by atoms with E-state index in [0.29, 0.717) is 6.61 Å². The van der Waals surface area contributed by atoms with Crippen LogP contribution in [0.25, 0.3) is 10.9 Å². The molecule has 0 saturated heterocycles. The van der Waals surface area contributed by atoms with Crippen LogP contribution in [0.15, 0.2) is 28.9 Å². The minimum absolute atomic E-state index is 0.654. The fourth-order valence-electron chi connectivity index (χ4n) is 1.43. The molecule has 1 aromatic heterocycles. The number of aromatic amines is 1. The number of aromatic nitrogens is 1. The number of ether oxygens (including phenoxy) is 1. The van der Waals surface area contributed by atoms with Crippen molar-refractivity contribution in [3.8, 4) is 0 Å². The van der Waals surface area contributed by atoms with Crippen molar-refractivity contribution in [1.29, 1.82) is 0 Å². The summed E-state index contributed by atoms with van der Waals surface area (Å²) in [7, 11) is 1.71. The maximum atomic E-state index is 5.09. The lowest BCUT2D eigenvalue weighted by Gasteiger charge is -1.96. The van der Waals surface area contributed by atoms with Gasteiger partial charge in [0.1, 0.15) is 0 Å². The van der Waals surface area contributed by atoms with Crippen LogP contribution in [-0.2, 0) is 11.3 Å². The summed E-state index contributed by atoms with van der Waals surface area (Å²) in [6.07, 6.45) is 1.99. The molecule has 0 atom stereocenters. The second-order valence-corrected chi connectivity index (χ2v) is 3.85. The number of rotatable bonds is 2. The van der Waals surface area contributed by atoms with Crippen LogP contribution in [0.3, 0.4) is 0 Å². The fourth-order valence-corrected chi connectivity index (χ4v) is 1.79. The van der Waals surface area contributed by atoms with Crippen LogP contribution in [0, 0.1) is 0 Å². The van der Waals surface area contributed by atoms with Crippen molar-refractivity contribution < 1.29 is 4.74 Å². The zero-order valence-electron chi connectivity index (χ0n) is 7.30. The molecule has 68 valence electrons. The van der Waals surface area contributed by atoms with E-state index in [-0.39, 0.29) is 0 Å². The van der Waals surface area contributed by atoms with Crippen molar-refractivity contribution in [1.82, 2.24) is 4.98 Å². The number of halogens is 1. The van der Waals surface area contributed by atoms with Gasteiger partial charge in [0.05, 0.1) is 6.61 Å². The van der Waals surface area contributed by atoms with Crippen LogP contribution < -0.4 is 0 Å². The molecule has 0 aliphatic heterocycles. The van der Waals surface area contributed by atoms with E-state index in [9.17, 15) is 0 Å². The summed E-state index contributed by atoms with van der Waals surface area (Å²) in [5, 5.41) is 1.23. The van der Waals surface area contributed by atoms with E-state index in [1.165, 1.54) is 10.9 Å². The number of nitrogens with one attached hydrogen (secondary N) is 1. The van der Waals surface area contributed by atoms with Gasteiger partial charge in [-0.25, -0.2) is 0 Å². The fraction of sp³-hybridized carbons (Fsp3) is 0.200. The minimum atomic E-state index is 0.654. The third-order valence-corrected chi connectivity index (χ3v) is 2.52. The molecule has 3 heteroatoms. The summed E-state index contributed by atoms with van der Waals surface area (Å²) in [4.78, 5) is 3.20. The molecule has 0 aliphatic carbocycles. The van der Waals surface area contributed by atoms with Crippen LogP contribution >= 0.6 is 15.9 Å². The highest BCUT2D eigenvalue weighted by molar-refractivity contribution is 9.10. The summed E-state index contributed by atoms with van der Waals surface area (Å²) in [5.74, 6) is 0. The highest BCUT2D eigenvalue weighted by atomic mass is 79.9. The van der Waals surface area contributed by atoms with Crippen LogP contribution in [0.5, 0.6) is 0 Å². The maximum absolute atomic E-state index is 5.09. The molecule has 2 aromatic rings. The normalized spacial score (nSPS) is 10.9. The smallest absolute Gasteiger partial charge is 0.0733 e. The van der Waals surface area contributed by atoms with E-state index in [4.69, 9.17) is 4.74 Å². The van der Waals surface area contributed by atoms with Crippen molar-refractivity contribution in [2.45, 2.75) is 6.61 Å². The molecule has 1 N–H and O–H groups in total. The quantitative estimate of drug-likeness (QED) is 0.857. The Kier molecular flexibility index (Phi) is 2.38. The first-order chi connectivity index (χ1) is 6.31. The largest absolute Gasteiger partial charge is 0.380 e. The average Bonchev–Trinajstić information content (AvgIpc) is 2.49. The SMILES string of the molecule is COCc1c[nH]c2cc(Br)ccc12. The van der Waals surface area contributed by atoms with Gasteiger partial charge in [0, 0.05) is 34.2 Å². The van der Waals surface area contributed by atoms with E-state index in [2.05, 4.69) is 33.0 Å². The number of H-pyrrole nitrogens is 1. The zero-order valence-corrected chi connectivity index (χ0v) is 8.89. The van der Waals surface area contributed by atoms with Gasteiger partial charge in [0.15, 0.2) is 0 Å². The molecule has 0 spiro atoms. The van der Waals surface area contributed by atoms with Crippen molar-refractivity contribution in [3.05, 3.63) is 34.4 Å². The Labute approximate surface area is 85.0 Å².